The molecule has 0 spiro atoms. The molecule has 304 valence electrons. The molecule has 1 saturated heterocycles. The number of ether oxygens (including phenoxy) is 3. The summed E-state index contributed by atoms with van der Waals surface area (Å²) in [6.07, 6.45) is -10.2. The van der Waals surface area contributed by atoms with Crippen LogP contribution in [0.15, 0.2) is 89.3 Å². The zero-order chi connectivity index (χ0) is 41.1. The predicted octanol–water partition coefficient (Wildman–Crippen LogP) is 2.73. The van der Waals surface area contributed by atoms with Crippen molar-refractivity contribution >= 4 is 35.1 Å². The van der Waals surface area contributed by atoms with Gasteiger partial charge in [-0.15, -0.1) is 11.3 Å². The lowest BCUT2D eigenvalue weighted by Crippen LogP contribution is -2.81. The number of amides is 2. The first kappa shape index (κ1) is 40.7. The van der Waals surface area contributed by atoms with Crippen molar-refractivity contribution < 1.29 is 58.9 Å². The Bertz CT molecular complexity index is 2040. The smallest absolute Gasteiger partial charge is 0.338 e. The lowest BCUT2D eigenvalue weighted by atomic mass is 9.44. The Balaban J connectivity index is 1.26. The predicted molar refractivity (Wildman–Crippen MR) is 204 cm³/mol. The minimum absolute atomic E-state index is 0.0339. The Kier molecular flexibility index (Phi) is 10.7. The van der Waals surface area contributed by atoms with Gasteiger partial charge in [0, 0.05) is 35.6 Å². The monoisotopic (exact) mass is 804 g/mol. The third-order valence-electron chi connectivity index (χ3n) is 12.9. The molecular weight excluding hydrogens is 757 g/mol. The number of benzene rings is 2. The van der Waals surface area contributed by atoms with Crippen LogP contribution < -0.4 is 10.6 Å². The highest BCUT2D eigenvalue weighted by Crippen LogP contribution is 2.63. The van der Waals surface area contributed by atoms with Crippen LogP contribution in [0.5, 0.6) is 0 Å². The number of esters is 2. The second kappa shape index (κ2) is 15.0. The number of nitrogens with one attached hydrogen (secondary N) is 2. The number of hydrogen-bond acceptors (Lipinski definition) is 13. The fourth-order valence-electron chi connectivity index (χ4n) is 9.47. The van der Waals surface area contributed by atoms with Gasteiger partial charge in [0.2, 0.25) is 0 Å². The highest BCUT2D eigenvalue weighted by atomic mass is 32.1. The third kappa shape index (κ3) is 6.68. The van der Waals surface area contributed by atoms with Gasteiger partial charge in [-0.1, -0.05) is 68.4 Å². The van der Waals surface area contributed by atoms with Crippen molar-refractivity contribution in [3.8, 4) is 0 Å². The van der Waals surface area contributed by atoms with Crippen molar-refractivity contribution in [2.45, 2.75) is 101 Å². The molecule has 2 amide bonds. The second-order valence-electron chi connectivity index (χ2n) is 16.3. The number of thiophene rings is 1. The number of ketones is 1. The molecule has 57 heavy (non-hydrogen) atoms. The van der Waals surface area contributed by atoms with Gasteiger partial charge in [0.25, 0.3) is 0 Å². The molecule has 3 aromatic rings. The van der Waals surface area contributed by atoms with Crippen LogP contribution in [0.4, 0.5) is 4.79 Å². The van der Waals surface area contributed by atoms with E-state index in [9.17, 15) is 44.7 Å². The lowest BCUT2D eigenvalue weighted by Gasteiger charge is -2.66. The van der Waals surface area contributed by atoms with Crippen LogP contribution in [-0.4, -0.2) is 104 Å². The summed E-state index contributed by atoms with van der Waals surface area (Å²) in [5.41, 5.74) is -6.67. The minimum Gasteiger partial charge on any atom is -0.456 e. The van der Waals surface area contributed by atoms with Crippen molar-refractivity contribution in [3.05, 3.63) is 105 Å². The number of carbonyl (C=O) groups is 4. The molecule has 2 saturated carbocycles. The Labute approximate surface area is 333 Å². The molecule has 1 aromatic heterocycles. The summed E-state index contributed by atoms with van der Waals surface area (Å²) >= 11 is 1.18. The first-order valence-corrected chi connectivity index (χ1v) is 19.8. The van der Waals surface area contributed by atoms with E-state index in [0.717, 1.165) is 5.56 Å². The molecule has 11 atom stereocenters. The fourth-order valence-corrected chi connectivity index (χ4v) is 10.3. The Morgan fingerprint density at radius 1 is 0.965 bits per heavy atom. The number of carbonyl (C=O) groups excluding carboxylic acids is 4. The van der Waals surface area contributed by atoms with Crippen molar-refractivity contribution in [2.75, 3.05) is 6.61 Å². The zero-order valence-electron chi connectivity index (χ0n) is 32.0. The van der Waals surface area contributed by atoms with Crippen LogP contribution in [0, 0.1) is 16.7 Å². The Morgan fingerprint density at radius 3 is 2.25 bits per heavy atom. The molecule has 7 N–H and O–H groups in total. The maximum Gasteiger partial charge on any atom is 0.338 e. The molecule has 1 aliphatic heterocycles. The van der Waals surface area contributed by atoms with E-state index in [2.05, 4.69) is 10.6 Å². The summed E-state index contributed by atoms with van der Waals surface area (Å²) in [4.78, 5) is 56.2. The molecule has 9 unspecified atom stereocenters. The van der Waals surface area contributed by atoms with E-state index in [0.29, 0.717) is 4.88 Å². The van der Waals surface area contributed by atoms with Crippen molar-refractivity contribution in [3.63, 3.8) is 0 Å². The van der Waals surface area contributed by atoms with E-state index in [1.165, 1.54) is 37.3 Å². The van der Waals surface area contributed by atoms with Gasteiger partial charge in [0.15, 0.2) is 11.9 Å². The second-order valence-corrected chi connectivity index (χ2v) is 17.3. The molecule has 7 rings (SSSR count). The first-order chi connectivity index (χ1) is 26.9. The van der Waals surface area contributed by atoms with Crippen LogP contribution in [0.1, 0.15) is 67.4 Å². The number of rotatable bonds is 9. The van der Waals surface area contributed by atoms with Crippen LogP contribution in [-0.2, 0) is 30.3 Å². The largest absolute Gasteiger partial charge is 0.456 e. The third-order valence-corrected chi connectivity index (χ3v) is 13.8. The van der Waals surface area contributed by atoms with Crippen molar-refractivity contribution in [1.82, 2.24) is 10.6 Å². The molecule has 0 radical (unpaired) electrons. The van der Waals surface area contributed by atoms with E-state index in [-0.39, 0.29) is 36.3 Å². The van der Waals surface area contributed by atoms with Gasteiger partial charge in [0.05, 0.1) is 29.8 Å². The molecule has 3 fully saturated rings. The number of urea groups is 1. The quantitative estimate of drug-likeness (QED) is 0.123. The summed E-state index contributed by atoms with van der Waals surface area (Å²) in [7, 11) is 0. The highest BCUT2D eigenvalue weighted by molar-refractivity contribution is 7.10. The van der Waals surface area contributed by atoms with E-state index in [1.807, 2.05) is 30.3 Å². The summed E-state index contributed by atoms with van der Waals surface area (Å²) in [6.45, 7) is 5.89. The maximum absolute atomic E-state index is 14.7. The van der Waals surface area contributed by atoms with Gasteiger partial charge < -0.3 is 50.4 Å². The fraction of sp³-hybridized carbons (Fsp3) is 0.476. The number of fused-ring (bicyclic) bond motifs is 5. The topological polar surface area (TPSA) is 221 Å². The standard InChI is InChI=1S/C42H48N2O12S/c1-22-25(55-37(50)32(47)30(26-16-11-17-57-26)44-38(51)43-20-23-12-7-5-8-13-23)19-42(53)35(56-36(49)24-14-9-6-10-15-24)33-40(4,27(45)18-28-41(33,52)21-54-28)34(48)31(46)29(22)39(42,2)3/h5-17,25,27-28,30-33,35,45-47,52-53H,18-21H2,1-4H3,(H2,43,44,51)/t25?,27?,28?,30?,31?,32?,33?,35?,40-,41+,42?/m1/s1. The van der Waals surface area contributed by atoms with Crippen LogP contribution in [0.3, 0.4) is 0 Å². The molecular formula is C42H48N2O12S. The van der Waals surface area contributed by atoms with E-state index in [4.69, 9.17) is 14.2 Å². The van der Waals surface area contributed by atoms with Gasteiger partial charge >= 0.3 is 18.0 Å². The Hall–Kier alpha value is -4.48. The molecule has 15 heteroatoms. The summed E-state index contributed by atoms with van der Waals surface area (Å²) in [5, 5.41) is 67.9. The lowest BCUT2D eigenvalue weighted by molar-refractivity contribution is -0.343. The summed E-state index contributed by atoms with van der Waals surface area (Å²) in [5.74, 6) is -4.49. The normalized spacial score (nSPS) is 33.9. The number of aliphatic hydroxyl groups excluding tert-OH is 3. The minimum atomic E-state index is -2.30. The molecule has 3 aliphatic carbocycles. The van der Waals surface area contributed by atoms with Gasteiger partial charge in [-0.3, -0.25) is 4.79 Å². The van der Waals surface area contributed by atoms with Gasteiger partial charge in [-0.25, -0.2) is 14.4 Å². The number of aliphatic hydroxyl groups is 5. The van der Waals surface area contributed by atoms with Gasteiger partial charge in [0.1, 0.15) is 35.6 Å². The highest BCUT2D eigenvalue weighted by Gasteiger charge is 2.76. The van der Waals surface area contributed by atoms with Crippen LogP contribution in [0.25, 0.3) is 0 Å². The summed E-state index contributed by atoms with van der Waals surface area (Å²) < 4.78 is 17.8. The molecule has 2 aromatic carbocycles. The Morgan fingerprint density at radius 2 is 1.63 bits per heavy atom. The zero-order valence-corrected chi connectivity index (χ0v) is 32.8. The SMILES string of the molecule is CC1=C2C(O)C(=O)[C@]3(C)C(O)CC4OC[C@@]4(O)C3C(OC(=O)c3ccccc3)C(O)(CC1OC(=O)C(O)C(NC(=O)NCc1ccccc1)c1cccs1)C2(C)C. The average molecular weight is 805 g/mol. The molecule has 14 nitrogen and oxygen atoms in total. The average Bonchev–Trinajstić information content (AvgIpc) is 3.73. The van der Waals surface area contributed by atoms with Crippen LogP contribution >= 0.6 is 11.3 Å². The van der Waals surface area contributed by atoms with Gasteiger partial charge in [-0.05, 0) is 54.1 Å². The maximum atomic E-state index is 14.7. The number of Topliss-reactive ketones (excluding diaryl/α,β-unsaturated/α-hetero) is 1. The van der Waals surface area contributed by atoms with E-state index < -0.39 is 101 Å². The molecule has 2 heterocycles. The van der Waals surface area contributed by atoms with E-state index >= 15 is 0 Å². The van der Waals surface area contributed by atoms with Crippen molar-refractivity contribution in [1.29, 1.82) is 0 Å². The number of hydrogen-bond donors (Lipinski definition) is 7. The van der Waals surface area contributed by atoms with E-state index in [1.54, 1.807) is 49.6 Å². The summed E-state index contributed by atoms with van der Waals surface area (Å²) in [6, 6.07) is 18.4. The van der Waals surface area contributed by atoms with Crippen molar-refractivity contribution in [2.24, 2.45) is 16.7 Å². The van der Waals surface area contributed by atoms with Gasteiger partial charge in [-0.2, -0.15) is 0 Å². The van der Waals surface area contributed by atoms with Crippen LogP contribution in [0.2, 0.25) is 0 Å². The first-order valence-electron chi connectivity index (χ1n) is 18.9. The molecule has 2 bridgehead atoms. The molecule has 4 aliphatic rings.